The van der Waals surface area contributed by atoms with Gasteiger partial charge in [0, 0.05) is 21.4 Å². The average Bonchev–Trinajstić information content (AvgIpc) is 2.96. The van der Waals surface area contributed by atoms with E-state index in [4.69, 9.17) is 11.6 Å². The van der Waals surface area contributed by atoms with Gasteiger partial charge in [0.25, 0.3) is 0 Å². The summed E-state index contributed by atoms with van der Waals surface area (Å²) in [6, 6.07) is 19.6. The number of halogens is 1. The topological polar surface area (TPSA) is 0 Å². The van der Waals surface area contributed by atoms with Crippen molar-refractivity contribution in [2.45, 2.75) is 41.7 Å². The lowest BCUT2D eigenvalue weighted by Crippen LogP contribution is -2.31. The zero-order chi connectivity index (χ0) is 14.7. The van der Waals surface area contributed by atoms with Crippen LogP contribution in [0.2, 0.25) is 0 Å². The first-order valence-electron chi connectivity index (χ1n) is 7.63. The van der Waals surface area contributed by atoms with Crippen molar-refractivity contribution in [1.82, 2.24) is 0 Å². The summed E-state index contributed by atoms with van der Waals surface area (Å²) in [5.74, 6) is 0.695. The van der Waals surface area contributed by atoms with Crippen molar-refractivity contribution in [3.05, 3.63) is 65.7 Å². The molecule has 1 aliphatic heterocycles. The van der Waals surface area contributed by atoms with Gasteiger partial charge in [-0.3, -0.25) is 0 Å². The maximum atomic E-state index is 6.44. The van der Waals surface area contributed by atoms with E-state index in [1.807, 2.05) is 11.8 Å². The lowest BCUT2D eigenvalue weighted by atomic mass is 9.75. The third-order valence-corrected chi connectivity index (χ3v) is 6.48. The summed E-state index contributed by atoms with van der Waals surface area (Å²) in [4.78, 5) is 1.45. The summed E-state index contributed by atoms with van der Waals surface area (Å²) >= 11 is 8.47. The first kappa shape index (κ1) is 15.0. The summed E-state index contributed by atoms with van der Waals surface area (Å²) in [7, 11) is 0. The Balaban J connectivity index is 1.82. The van der Waals surface area contributed by atoms with Crippen molar-refractivity contribution in [3.8, 4) is 0 Å². The second-order valence-electron chi connectivity index (χ2n) is 5.89. The Morgan fingerprint density at radius 1 is 1.10 bits per heavy atom. The number of hydrogen-bond donors (Lipinski definition) is 0. The van der Waals surface area contributed by atoms with Crippen molar-refractivity contribution in [1.29, 1.82) is 0 Å². The van der Waals surface area contributed by atoms with E-state index < -0.39 is 0 Å². The fourth-order valence-corrected chi connectivity index (χ4v) is 5.22. The molecule has 0 aliphatic carbocycles. The van der Waals surface area contributed by atoms with Crippen molar-refractivity contribution in [2.24, 2.45) is 0 Å². The van der Waals surface area contributed by atoms with Gasteiger partial charge >= 0.3 is 0 Å². The molecule has 0 saturated heterocycles. The van der Waals surface area contributed by atoms with Gasteiger partial charge < -0.3 is 0 Å². The molecule has 0 saturated carbocycles. The predicted molar refractivity (Wildman–Crippen MR) is 93.5 cm³/mol. The summed E-state index contributed by atoms with van der Waals surface area (Å²) in [5, 5.41) is 0.640. The van der Waals surface area contributed by atoms with Crippen molar-refractivity contribution >= 4 is 23.4 Å². The monoisotopic (exact) mass is 316 g/mol. The fraction of sp³-hybridized carbons (Fsp3) is 0.368. The van der Waals surface area contributed by atoms with E-state index in [0.29, 0.717) is 11.1 Å². The number of rotatable bonds is 5. The van der Waals surface area contributed by atoms with Crippen LogP contribution in [-0.4, -0.2) is 11.1 Å². The summed E-state index contributed by atoms with van der Waals surface area (Å²) < 4.78 is 0. The third-order valence-electron chi connectivity index (χ3n) is 4.65. The number of hydrogen-bond acceptors (Lipinski definition) is 1. The van der Waals surface area contributed by atoms with Gasteiger partial charge in [0.2, 0.25) is 0 Å². The molecule has 0 fully saturated rings. The van der Waals surface area contributed by atoms with Crippen LogP contribution >= 0.6 is 23.4 Å². The van der Waals surface area contributed by atoms with Crippen LogP contribution in [0.4, 0.5) is 0 Å². The molecule has 0 N–H and O–H groups in total. The Kier molecular flexibility index (Phi) is 4.61. The summed E-state index contributed by atoms with van der Waals surface area (Å²) in [6.45, 7) is 2.27. The average molecular weight is 317 g/mol. The van der Waals surface area contributed by atoms with Crippen LogP contribution in [0.15, 0.2) is 59.5 Å². The van der Waals surface area contributed by atoms with Gasteiger partial charge in [-0.25, -0.2) is 0 Å². The fourth-order valence-electron chi connectivity index (χ4n) is 3.29. The molecule has 2 atom stereocenters. The molecular weight excluding hydrogens is 296 g/mol. The van der Waals surface area contributed by atoms with Crippen LogP contribution in [0.3, 0.4) is 0 Å². The maximum absolute atomic E-state index is 6.44. The van der Waals surface area contributed by atoms with E-state index in [2.05, 4.69) is 61.5 Å². The highest BCUT2D eigenvalue weighted by molar-refractivity contribution is 8.00. The second-order valence-corrected chi connectivity index (χ2v) is 7.50. The molecule has 1 aliphatic rings. The van der Waals surface area contributed by atoms with Crippen LogP contribution in [0.5, 0.6) is 0 Å². The van der Waals surface area contributed by atoms with Crippen LogP contribution in [0.1, 0.15) is 30.9 Å². The Labute approximate surface area is 136 Å². The molecule has 2 heteroatoms. The first-order chi connectivity index (χ1) is 10.3. The molecule has 0 bridgehead atoms. The zero-order valence-corrected chi connectivity index (χ0v) is 14.0. The zero-order valence-electron chi connectivity index (χ0n) is 12.4. The van der Waals surface area contributed by atoms with Gasteiger partial charge in [-0.1, -0.05) is 55.5 Å². The molecule has 110 valence electrons. The van der Waals surface area contributed by atoms with Crippen LogP contribution in [0, 0.1) is 0 Å². The Morgan fingerprint density at radius 2 is 1.81 bits per heavy atom. The van der Waals surface area contributed by atoms with E-state index in [9.17, 15) is 0 Å². The normalized spacial score (nSPS) is 20.0. The minimum absolute atomic E-state index is 0.0997. The highest BCUT2D eigenvalue weighted by Crippen LogP contribution is 2.44. The largest absolute Gasteiger partial charge is 0.126 e. The number of alkyl halides is 1. The predicted octanol–water partition coefficient (Wildman–Crippen LogP) is 5.68. The molecule has 3 rings (SSSR count). The molecule has 2 unspecified atom stereocenters. The van der Waals surface area contributed by atoms with E-state index in [-0.39, 0.29) is 5.41 Å². The molecule has 0 nitrogen and oxygen atoms in total. The minimum Gasteiger partial charge on any atom is -0.126 e. The maximum Gasteiger partial charge on any atom is 0.0320 e. The molecule has 2 aromatic carbocycles. The smallest absolute Gasteiger partial charge is 0.0320 e. The number of fused-ring (bicyclic) bond motifs is 1. The van der Waals surface area contributed by atoms with Gasteiger partial charge in [-0.2, -0.15) is 0 Å². The highest BCUT2D eigenvalue weighted by Gasteiger charge is 2.35. The Hall–Kier alpha value is -0.920. The van der Waals surface area contributed by atoms with Gasteiger partial charge in [-0.05, 0) is 36.5 Å². The third kappa shape index (κ3) is 3.00. The lowest BCUT2D eigenvalue weighted by molar-refractivity contribution is 0.418. The minimum atomic E-state index is 0.0997. The highest BCUT2D eigenvalue weighted by atomic mass is 35.5. The Morgan fingerprint density at radius 3 is 2.48 bits per heavy atom. The lowest BCUT2D eigenvalue weighted by Gasteiger charge is -2.33. The SMILES string of the molecule is CCC(CCl)(CC1Cc2ccccc2S1)c1ccccc1. The standard InChI is InChI=1S/C19H21ClS/c1-2-19(14-20,16-9-4-3-5-10-16)13-17-12-15-8-6-7-11-18(15)21-17/h3-11,17H,2,12-14H2,1H3. The van der Waals surface area contributed by atoms with Crippen LogP contribution < -0.4 is 0 Å². The first-order valence-corrected chi connectivity index (χ1v) is 9.05. The van der Waals surface area contributed by atoms with Crippen LogP contribution in [-0.2, 0) is 11.8 Å². The number of thioether (sulfide) groups is 1. The molecule has 21 heavy (non-hydrogen) atoms. The molecule has 1 heterocycles. The molecule has 0 spiro atoms. The number of benzene rings is 2. The van der Waals surface area contributed by atoms with Gasteiger partial charge in [0.15, 0.2) is 0 Å². The summed E-state index contributed by atoms with van der Waals surface area (Å²) in [6.07, 6.45) is 3.41. The van der Waals surface area contributed by atoms with Gasteiger partial charge in [-0.15, -0.1) is 23.4 Å². The van der Waals surface area contributed by atoms with E-state index in [0.717, 1.165) is 12.8 Å². The van der Waals surface area contributed by atoms with Gasteiger partial charge in [0.1, 0.15) is 0 Å². The van der Waals surface area contributed by atoms with Gasteiger partial charge in [0.05, 0.1) is 0 Å². The van der Waals surface area contributed by atoms with Crippen LogP contribution in [0.25, 0.3) is 0 Å². The second kappa shape index (κ2) is 6.46. The molecular formula is C19H21ClS. The molecule has 0 amide bonds. The quantitative estimate of drug-likeness (QED) is 0.639. The molecule has 0 aromatic heterocycles. The molecule has 2 aromatic rings. The van der Waals surface area contributed by atoms with E-state index >= 15 is 0 Å². The van der Waals surface area contributed by atoms with Crippen molar-refractivity contribution in [2.75, 3.05) is 5.88 Å². The van der Waals surface area contributed by atoms with Crippen molar-refractivity contribution in [3.63, 3.8) is 0 Å². The molecule has 0 radical (unpaired) electrons. The summed E-state index contributed by atoms with van der Waals surface area (Å²) in [5.41, 5.74) is 2.99. The Bertz CT molecular complexity index is 565. The van der Waals surface area contributed by atoms with E-state index in [1.54, 1.807) is 0 Å². The van der Waals surface area contributed by atoms with E-state index in [1.165, 1.54) is 22.4 Å². The van der Waals surface area contributed by atoms with Crippen molar-refractivity contribution < 1.29 is 0 Å².